The van der Waals surface area contributed by atoms with Gasteiger partial charge in [0.15, 0.2) is 0 Å². The third-order valence-electron chi connectivity index (χ3n) is 4.58. The van der Waals surface area contributed by atoms with Gasteiger partial charge in [-0.05, 0) is 43.4 Å². The maximum absolute atomic E-state index is 12.6. The largest absolute Gasteiger partial charge is 0.338 e. The van der Waals surface area contributed by atoms with Gasteiger partial charge in [0.1, 0.15) is 0 Å². The second kappa shape index (κ2) is 6.45. The maximum atomic E-state index is 12.6. The SMILES string of the molecule is CC1(C)Cc2ccccc2CN1C(=O)NCCc1ccccc1. The lowest BCUT2D eigenvalue weighted by molar-refractivity contribution is 0.119. The fraction of sp³-hybridized carbons (Fsp3) is 0.350. The molecule has 1 aliphatic rings. The smallest absolute Gasteiger partial charge is 0.318 e. The minimum atomic E-state index is -0.162. The summed E-state index contributed by atoms with van der Waals surface area (Å²) in [6.45, 7) is 5.62. The molecule has 2 aromatic rings. The van der Waals surface area contributed by atoms with Crippen molar-refractivity contribution in [3.05, 3.63) is 71.3 Å². The van der Waals surface area contributed by atoms with E-state index >= 15 is 0 Å². The summed E-state index contributed by atoms with van der Waals surface area (Å²) in [7, 11) is 0. The molecule has 3 nitrogen and oxygen atoms in total. The summed E-state index contributed by atoms with van der Waals surface area (Å²) < 4.78 is 0. The van der Waals surface area contributed by atoms with Crippen LogP contribution in [-0.2, 0) is 19.4 Å². The van der Waals surface area contributed by atoms with E-state index in [1.54, 1.807) is 0 Å². The first-order valence-electron chi connectivity index (χ1n) is 8.22. The number of fused-ring (bicyclic) bond motifs is 1. The van der Waals surface area contributed by atoms with Crippen LogP contribution in [0.15, 0.2) is 54.6 Å². The summed E-state index contributed by atoms with van der Waals surface area (Å²) in [6.07, 6.45) is 1.76. The molecule has 3 rings (SSSR count). The fourth-order valence-corrected chi connectivity index (χ4v) is 3.23. The number of nitrogens with zero attached hydrogens (tertiary/aromatic N) is 1. The molecule has 2 amide bonds. The molecule has 0 unspecified atom stereocenters. The van der Waals surface area contributed by atoms with Gasteiger partial charge in [0.05, 0.1) is 0 Å². The summed E-state index contributed by atoms with van der Waals surface area (Å²) in [5.41, 5.74) is 3.69. The monoisotopic (exact) mass is 308 g/mol. The zero-order chi connectivity index (χ0) is 16.3. The van der Waals surface area contributed by atoms with Crippen molar-refractivity contribution in [2.75, 3.05) is 6.54 Å². The molecule has 0 atom stereocenters. The van der Waals surface area contributed by atoms with Gasteiger partial charge in [0.25, 0.3) is 0 Å². The Morgan fingerprint density at radius 2 is 1.70 bits per heavy atom. The van der Waals surface area contributed by atoms with E-state index in [4.69, 9.17) is 0 Å². The Bertz CT molecular complexity index is 679. The number of hydrogen-bond donors (Lipinski definition) is 1. The van der Waals surface area contributed by atoms with Gasteiger partial charge in [-0.2, -0.15) is 0 Å². The number of rotatable bonds is 3. The summed E-state index contributed by atoms with van der Waals surface area (Å²) in [4.78, 5) is 14.6. The zero-order valence-corrected chi connectivity index (χ0v) is 13.9. The Morgan fingerprint density at radius 3 is 2.43 bits per heavy atom. The molecule has 1 aliphatic heterocycles. The van der Waals surface area contributed by atoms with Crippen LogP contribution in [0.4, 0.5) is 4.79 Å². The van der Waals surface area contributed by atoms with Crippen LogP contribution >= 0.6 is 0 Å². The van der Waals surface area contributed by atoms with Crippen molar-refractivity contribution in [1.29, 1.82) is 0 Å². The molecule has 0 saturated carbocycles. The van der Waals surface area contributed by atoms with E-state index in [0.29, 0.717) is 13.1 Å². The molecule has 1 N–H and O–H groups in total. The average Bonchev–Trinajstić information content (AvgIpc) is 2.54. The lowest BCUT2D eigenvalue weighted by atomic mass is 9.86. The van der Waals surface area contributed by atoms with Gasteiger partial charge < -0.3 is 10.2 Å². The molecule has 0 bridgehead atoms. The van der Waals surface area contributed by atoms with Crippen LogP contribution in [0.5, 0.6) is 0 Å². The quantitative estimate of drug-likeness (QED) is 0.919. The number of urea groups is 1. The second-order valence-electron chi connectivity index (χ2n) is 6.81. The van der Waals surface area contributed by atoms with E-state index < -0.39 is 0 Å². The second-order valence-corrected chi connectivity index (χ2v) is 6.81. The Balaban J connectivity index is 1.62. The highest BCUT2D eigenvalue weighted by molar-refractivity contribution is 5.75. The van der Waals surface area contributed by atoms with E-state index in [0.717, 1.165) is 12.8 Å². The highest BCUT2D eigenvalue weighted by atomic mass is 16.2. The topological polar surface area (TPSA) is 32.3 Å². The van der Waals surface area contributed by atoms with Gasteiger partial charge in [0, 0.05) is 18.6 Å². The molecule has 0 spiro atoms. The molecule has 0 aliphatic carbocycles. The first-order chi connectivity index (χ1) is 11.1. The van der Waals surface area contributed by atoms with E-state index in [2.05, 4.69) is 49.5 Å². The van der Waals surface area contributed by atoms with Gasteiger partial charge in [-0.25, -0.2) is 4.79 Å². The van der Waals surface area contributed by atoms with Crippen molar-refractivity contribution in [2.24, 2.45) is 0 Å². The Kier molecular flexibility index (Phi) is 4.37. The lowest BCUT2D eigenvalue weighted by Gasteiger charge is -2.43. The van der Waals surface area contributed by atoms with Crippen LogP contribution in [0.1, 0.15) is 30.5 Å². The van der Waals surface area contributed by atoms with Crippen molar-refractivity contribution < 1.29 is 4.79 Å². The summed E-state index contributed by atoms with van der Waals surface area (Å²) >= 11 is 0. The average molecular weight is 308 g/mol. The van der Waals surface area contributed by atoms with Gasteiger partial charge >= 0.3 is 6.03 Å². The standard InChI is InChI=1S/C20H24N2O/c1-20(2)14-17-10-6-7-11-18(17)15-22(20)19(23)21-13-12-16-8-4-3-5-9-16/h3-11H,12-15H2,1-2H3,(H,21,23). The Hall–Kier alpha value is -2.29. The summed E-state index contributed by atoms with van der Waals surface area (Å²) in [5, 5.41) is 3.07. The van der Waals surface area contributed by atoms with Crippen molar-refractivity contribution in [3.63, 3.8) is 0 Å². The van der Waals surface area contributed by atoms with Crippen LogP contribution in [0, 0.1) is 0 Å². The molecule has 0 aromatic heterocycles. The number of carbonyl (C=O) groups excluding carboxylic acids is 1. The summed E-state index contributed by atoms with van der Waals surface area (Å²) in [6, 6.07) is 18.7. The lowest BCUT2D eigenvalue weighted by Crippen LogP contribution is -2.55. The molecule has 0 saturated heterocycles. The van der Waals surface area contributed by atoms with Crippen molar-refractivity contribution in [1.82, 2.24) is 10.2 Å². The zero-order valence-electron chi connectivity index (χ0n) is 13.9. The number of benzene rings is 2. The third kappa shape index (κ3) is 3.55. The van der Waals surface area contributed by atoms with Crippen LogP contribution in [0.25, 0.3) is 0 Å². The van der Waals surface area contributed by atoms with E-state index in [-0.39, 0.29) is 11.6 Å². The van der Waals surface area contributed by atoms with Crippen LogP contribution in [0.3, 0.4) is 0 Å². The predicted octanol–water partition coefficient (Wildman–Crippen LogP) is 3.78. The van der Waals surface area contributed by atoms with Crippen molar-refractivity contribution >= 4 is 6.03 Å². The Morgan fingerprint density at radius 1 is 1.04 bits per heavy atom. The molecule has 0 radical (unpaired) electrons. The van der Waals surface area contributed by atoms with Gasteiger partial charge in [-0.1, -0.05) is 54.6 Å². The van der Waals surface area contributed by atoms with Crippen molar-refractivity contribution in [2.45, 2.75) is 38.8 Å². The fourth-order valence-electron chi connectivity index (χ4n) is 3.23. The third-order valence-corrected chi connectivity index (χ3v) is 4.58. The Labute approximate surface area is 138 Å². The maximum Gasteiger partial charge on any atom is 0.318 e. The molecule has 0 fully saturated rings. The molecule has 1 heterocycles. The number of carbonyl (C=O) groups is 1. The van der Waals surface area contributed by atoms with E-state index in [9.17, 15) is 4.79 Å². The first-order valence-corrected chi connectivity index (χ1v) is 8.22. The normalized spacial score (nSPS) is 15.8. The molecule has 23 heavy (non-hydrogen) atoms. The molecular formula is C20H24N2O. The van der Waals surface area contributed by atoms with Crippen LogP contribution in [-0.4, -0.2) is 23.0 Å². The molecular weight excluding hydrogens is 284 g/mol. The minimum absolute atomic E-state index is 0.0282. The number of amides is 2. The van der Waals surface area contributed by atoms with E-state index in [1.807, 2.05) is 29.2 Å². The predicted molar refractivity (Wildman–Crippen MR) is 93.3 cm³/mol. The number of hydrogen-bond acceptors (Lipinski definition) is 1. The van der Waals surface area contributed by atoms with Gasteiger partial charge in [-0.3, -0.25) is 0 Å². The highest BCUT2D eigenvalue weighted by Gasteiger charge is 2.35. The van der Waals surface area contributed by atoms with E-state index in [1.165, 1.54) is 16.7 Å². The molecule has 120 valence electrons. The van der Waals surface area contributed by atoms with Gasteiger partial charge in [0.2, 0.25) is 0 Å². The first kappa shape index (κ1) is 15.6. The minimum Gasteiger partial charge on any atom is -0.338 e. The molecule has 2 aromatic carbocycles. The molecule has 3 heteroatoms. The van der Waals surface area contributed by atoms with Crippen LogP contribution < -0.4 is 5.32 Å². The van der Waals surface area contributed by atoms with Crippen LogP contribution in [0.2, 0.25) is 0 Å². The summed E-state index contributed by atoms with van der Waals surface area (Å²) in [5.74, 6) is 0. The highest BCUT2D eigenvalue weighted by Crippen LogP contribution is 2.30. The van der Waals surface area contributed by atoms with Gasteiger partial charge in [-0.15, -0.1) is 0 Å². The van der Waals surface area contributed by atoms with Crippen molar-refractivity contribution in [3.8, 4) is 0 Å². The number of nitrogens with one attached hydrogen (secondary N) is 1.